The molecule has 2 fully saturated rings. The van der Waals surface area contributed by atoms with E-state index in [4.69, 9.17) is 4.74 Å². The van der Waals surface area contributed by atoms with Crippen LogP contribution in [-0.4, -0.2) is 17.3 Å². The van der Waals surface area contributed by atoms with Crippen molar-refractivity contribution in [1.82, 2.24) is 5.32 Å². The number of nitrogens with one attached hydrogen (secondary N) is 1. The Balaban J connectivity index is 1.68. The Morgan fingerprint density at radius 2 is 2.04 bits per heavy atom. The van der Waals surface area contributed by atoms with Crippen LogP contribution in [0.25, 0.3) is 6.08 Å². The average Bonchev–Trinajstić information content (AvgIpc) is 2.86. The van der Waals surface area contributed by atoms with Gasteiger partial charge in [0.2, 0.25) is 0 Å². The van der Waals surface area contributed by atoms with E-state index in [9.17, 15) is 9.59 Å². The summed E-state index contributed by atoms with van der Waals surface area (Å²) in [6.07, 6.45) is 8.33. The molecule has 5 heteroatoms. The molecule has 1 unspecified atom stereocenters. The smallest absolute Gasteiger partial charge is 0.290 e. The van der Waals surface area contributed by atoms with E-state index in [1.807, 2.05) is 24.3 Å². The number of carbonyl (C=O) groups is 2. The quantitative estimate of drug-likeness (QED) is 0.833. The first-order valence-corrected chi connectivity index (χ1v) is 8.95. The first kappa shape index (κ1) is 16.1. The number of imide groups is 1. The fourth-order valence-corrected chi connectivity index (χ4v) is 3.85. The second-order valence-corrected chi connectivity index (χ2v) is 7.16. The van der Waals surface area contributed by atoms with Gasteiger partial charge in [-0.2, -0.15) is 0 Å². The Morgan fingerprint density at radius 1 is 1.26 bits per heavy atom. The van der Waals surface area contributed by atoms with Gasteiger partial charge in [-0.25, -0.2) is 0 Å². The van der Waals surface area contributed by atoms with Crippen molar-refractivity contribution in [1.29, 1.82) is 0 Å². The third-order valence-corrected chi connectivity index (χ3v) is 5.24. The van der Waals surface area contributed by atoms with Gasteiger partial charge in [0, 0.05) is 0 Å². The van der Waals surface area contributed by atoms with Gasteiger partial charge in [0.05, 0.1) is 11.0 Å². The molecule has 2 aliphatic rings. The Labute approximate surface area is 140 Å². The van der Waals surface area contributed by atoms with Crippen LogP contribution in [0.1, 0.15) is 44.6 Å². The van der Waals surface area contributed by atoms with E-state index in [1.165, 1.54) is 32.1 Å². The molecule has 1 aromatic carbocycles. The molecule has 0 aromatic heterocycles. The van der Waals surface area contributed by atoms with E-state index >= 15 is 0 Å². The van der Waals surface area contributed by atoms with Crippen LogP contribution in [0, 0.1) is 5.92 Å². The lowest BCUT2D eigenvalue weighted by Gasteiger charge is -2.28. The van der Waals surface area contributed by atoms with Crippen LogP contribution < -0.4 is 10.1 Å². The number of hydrogen-bond acceptors (Lipinski definition) is 4. The molecule has 0 bridgehead atoms. The normalized spacial score (nSPS) is 22.2. The molecule has 1 saturated carbocycles. The zero-order chi connectivity index (χ0) is 16.2. The van der Waals surface area contributed by atoms with E-state index in [-0.39, 0.29) is 17.3 Å². The van der Waals surface area contributed by atoms with Crippen LogP contribution >= 0.6 is 11.8 Å². The topological polar surface area (TPSA) is 55.4 Å². The number of thioether (sulfide) groups is 1. The van der Waals surface area contributed by atoms with Crippen LogP contribution in [0.2, 0.25) is 0 Å². The molecule has 0 radical (unpaired) electrons. The van der Waals surface area contributed by atoms with Crippen LogP contribution in [-0.2, 0) is 4.79 Å². The summed E-state index contributed by atoms with van der Waals surface area (Å²) < 4.78 is 6.10. The first-order chi connectivity index (χ1) is 11.1. The zero-order valence-electron chi connectivity index (χ0n) is 13.2. The molecule has 1 heterocycles. The fraction of sp³-hybridized carbons (Fsp3) is 0.444. The summed E-state index contributed by atoms with van der Waals surface area (Å²) in [5, 5.41) is 1.94. The standard InChI is InChI=1S/C18H21NO3S/c1-12(14-7-3-2-4-8-14)22-15-9-5-6-13(10-15)11-16-17(20)19-18(21)23-16/h5-6,9-12,14H,2-4,7-8H2,1H3,(H,19,20,21). The van der Waals surface area contributed by atoms with Crippen molar-refractivity contribution in [3.05, 3.63) is 34.7 Å². The molecule has 1 atom stereocenters. The molecule has 1 aliphatic heterocycles. The molecule has 1 aliphatic carbocycles. The summed E-state index contributed by atoms with van der Waals surface area (Å²) in [6.45, 7) is 2.14. The highest BCUT2D eigenvalue weighted by Gasteiger charge is 2.25. The number of carbonyl (C=O) groups excluding carboxylic acids is 2. The highest BCUT2D eigenvalue weighted by molar-refractivity contribution is 8.18. The summed E-state index contributed by atoms with van der Waals surface area (Å²) >= 11 is 0.932. The molecule has 1 saturated heterocycles. The monoisotopic (exact) mass is 331 g/mol. The summed E-state index contributed by atoms with van der Waals surface area (Å²) in [7, 11) is 0. The van der Waals surface area contributed by atoms with Crippen LogP contribution in [0.4, 0.5) is 4.79 Å². The third-order valence-electron chi connectivity index (χ3n) is 4.43. The molecule has 122 valence electrons. The summed E-state index contributed by atoms with van der Waals surface area (Å²) in [6, 6.07) is 7.67. The predicted molar refractivity (Wildman–Crippen MR) is 92.2 cm³/mol. The molecule has 1 aromatic rings. The van der Waals surface area contributed by atoms with E-state index in [0.29, 0.717) is 10.8 Å². The van der Waals surface area contributed by atoms with Gasteiger partial charge in [-0.05, 0) is 61.2 Å². The van der Waals surface area contributed by atoms with Gasteiger partial charge in [0.15, 0.2) is 0 Å². The van der Waals surface area contributed by atoms with Crippen molar-refractivity contribution in [2.24, 2.45) is 5.92 Å². The van der Waals surface area contributed by atoms with Gasteiger partial charge in [0.25, 0.3) is 11.1 Å². The van der Waals surface area contributed by atoms with Crippen molar-refractivity contribution in [3.8, 4) is 5.75 Å². The maximum atomic E-state index is 11.6. The van der Waals surface area contributed by atoms with Crippen LogP contribution in [0.5, 0.6) is 5.75 Å². The minimum Gasteiger partial charge on any atom is -0.490 e. The second-order valence-electron chi connectivity index (χ2n) is 6.15. The minimum absolute atomic E-state index is 0.198. The molecular formula is C18H21NO3S. The number of rotatable bonds is 4. The lowest BCUT2D eigenvalue weighted by atomic mass is 9.86. The van der Waals surface area contributed by atoms with Crippen molar-refractivity contribution < 1.29 is 14.3 Å². The van der Waals surface area contributed by atoms with E-state index < -0.39 is 0 Å². The molecule has 1 N–H and O–H groups in total. The molecule has 23 heavy (non-hydrogen) atoms. The first-order valence-electron chi connectivity index (χ1n) is 8.13. The van der Waals surface area contributed by atoms with Gasteiger partial charge in [-0.3, -0.25) is 14.9 Å². The Kier molecular flexibility index (Phi) is 5.06. The second kappa shape index (κ2) is 7.21. The highest BCUT2D eigenvalue weighted by Crippen LogP contribution is 2.30. The molecular weight excluding hydrogens is 310 g/mol. The summed E-state index contributed by atoms with van der Waals surface area (Å²) in [5.74, 6) is 1.11. The van der Waals surface area contributed by atoms with Crippen molar-refractivity contribution in [3.63, 3.8) is 0 Å². The lowest BCUT2D eigenvalue weighted by Crippen LogP contribution is -2.25. The summed E-state index contributed by atoms with van der Waals surface area (Å²) in [5.41, 5.74) is 0.866. The zero-order valence-corrected chi connectivity index (χ0v) is 14.0. The number of amides is 2. The van der Waals surface area contributed by atoms with E-state index in [1.54, 1.807) is 6.08 Å². The van der Waals surface area contributed by atoms with Gasteiger partial charge >= 0.3 is 0 Å². The highest BCUT2D eigenvalue weighted by atomic mass is 32.2. The maximum Gasteiger partial charge on any atom is 0.290 e. The van der Waals surface area contributed by atoms with Crippen LogP contribution in [0.15, 0.2) is 29.2 Å². The number of ether oxygens (including phenoxy) is 1. The number of hydrogen-bond donors (Lipinski definition) is 1. The average molecular weight is 331 g/mol. The minimum atomic E-state index is -0.332. The summed E-state index contributed by atoms with van der Waals surface area (Å²) in [4.78, 5) is 23.2. The van der Waals surface area contributed by atoms with E-state index in [0.717, 1.165) is 23.1 Å². The van der Waals surface area contributed by atoms with Gasteiger partial charge in [0.1, 0.15) is 5.75 Å². The van der Waals surface area contributed by atoms with Crippen LogP contribution in [0.3, 0.4) is 0 Å². The SMILES string of the molecule is CC(Oc1cccc(C=C2SC(=O)NC2=O)c1)C1CCCCC1. The van der Waals surface area contributed by atoms with Gasteiger partial charge in [-0.1, -0.05) is 31.4 Å². The third kappa shape index (κ3) is 4.16. The largest absolute Gasteiger partial charge is 0.490 e. The Bertz CT molecular complexity index is 635. The van der Waals surface area contributed by atoms with Crippen molar-refractivity contribution in [2.45, 2.75) is 45.1 Å². The maximum absolute atomic E-state index is 11.6. The van der Waals surface area contributed by atoms with E-state index in [2.05, 4.69) is 12.2 Å². The van der Waals surface area contributed by atoms with Gasteiger partial charge in [-0.15, -0.1) is 0 Å². The van der Waals surface area contributed by atoms with Crippen molar-refractivity contribution in [2.75, 3.05) is 0 Å². The number of benzene rings is 1. The molecule has 2 amide bonds. The fourth-order valence-electron chi connectivity index (χ4n) is 3.16. The van der Waals surface area contributed by atoms with Gasteiger partial charge < -0.3 is 4.74 Å². The Morgan fingerprint density at radius 3 is 2.74 bits per heavy atom. The lowest BCUT2D eigenvalue weighted by molar-refractivity contribution is -0.115. The Hall–Kier alpha value is -1.75. The molecule has 3 rings (SSSR count). The molecule has 4 nitrogen and oxygen atoms in total. The molecule has 0 spiro atoms. The van der Waals surface area contributed by atoms with Crippen molar-refractivity contribution >= 4 is 29.0 Å². The predicted octanol–water partition coefficient (Wildman–Crippen LogP) is 4.36.